The van der Waals surface area contributed by atoms with Crippen LogP contribution in [0.3, 0.4) is 0 Å². The van der Waals surface area contributed by atoms with Crippen LogP contribution in [0, 0.1) is 0 Å². The first kappa shape index (κ1) is 22.5. The number of imidazole rings is 1. The molecule has 9 nitrogen and oxygen atoms in total. The molecule has 3 heterocycles. The summed E-state index contributed by atoms with van der Waals surface area (Å²) in [5, 5.41) is 0. The summed E-state index contributed by atoms with van der Waals surface area (Å²) in [5.41, 5.74) is 2.49. The van der Waals surface area contributed by atoms with Gasteiger partial charge in [0.05, 0.1) is 36.7 Å². The van der Waals surface area contributed by atoms with Crippen LogP contribution in [-0.2, 0) is 9.84 Å². The monoisotopic (exact) mass is 468 g/mol. The van der Waals surface area contributed by atoms with E-state index in [0.717, 1.165) is 17.4 Å². The predicted molar refractivity (Wildman–Crippen MR) is 126 cm³/mol. The van der Waals surface area contributed by atoms with Crippen molar-refractivity contribution in [3.8, 4) is 22.8 Å². The fourth-order valence-electron chi connectivity index (χ4n) is 3.69. The first-order valence-corrected chi connectivity index (χ1v) is 12.4. The van der Waals surface area contributed by atoms with Crippen molar-refractivity contribution in [2.24, 2.45) is 0 Å². The molecule has 0 fully saturated rings. The second-order valence-electron chi connectivity index (χ2n) is 7.55. The highest BCUT2D eigenvalue weighted by Gasteiger charge is 2.27. The van der Waals surface area contributed by atoms with Gasteiger partial charge in [-0.25, -0.2) is 23.2 Å². The number of aromatic amines is 1. The number of hydrogen-bond donors (Lipinski definition) is 1. The van der Waals surface area contributed by atoms with Crippen molar-refractivity contribution in [1.82, 2.24) is 19.5 Å². The summed E-state index contributed by atoms with van der Waals surface area (Å²) < 4.78 is 36.8. The van der Waals surface area contributed by atoms with Gasteiger partial charge in [0, 0.05) is 18.0 Å². The Kier molecular flexibility index (Phi) is 6.19. The summed E-state index contributed by atoms with van der Waals surface area (Å²) in [6, 6.07) is 13.8. The lowest BCUT2D eigenvalue weighted by Gasteiger charge is -2.19. The summed E-state index contributed by atoms with van der Waals surface area (Å²) in [7, 11) is -2.00. The molecule has 4 aromatic rings. The minimum atomic E-state index is -3.49. The number of methoxy groups -OCH3 is 1. The van der Waals surface area contributed by atoms with E-state index in [1.807, 2.05) is 36.4 Å². The number of hydrogen-bond acceptors (Lipinski definition) is 7. The Morgan fingerprint density at radius 3 is 2.55 bits per heavy atom. The van der Waals surface area contributed by atoms with Crippen molar-refractivity contribution >= 4 is 21.0 Å². The second kappa shape index (κ2) is 9.07. The van der Waals surface area contributed by atoms with Gasteiger partial charge < -0.3 is 14.5 Å². The average molecular weight is 469 g/mol. The number of aromatic nitrogens is 4. The van der Waals surface area contributed by atoms with Gasteiger partial charge in [0.1, 0.15) is 9.84 Å². The van der Waals surface area contributed by atoms with Crippen LogP contribution < -0.4 is 15.2 Å². The molecule has 0 aliphatic carbocycles. The van der Waals surface area contributed by atoms with Crippen LogP contribution in [0.5, 0.6) is 11.6 Å². The molecule has 1 N–H and O–H groups in total. The maximum Gasteiger partial charge on any atom is 0.328 e. The zero-order valence-corrected chi connectivity index (χ0v) is 19.3. The third-order valence-electron chi connectivity index (χ3n) is 5.12. The van der Waals surface area contributed by atoms with E-state index in [-0.39, 0.29) is 11.6 Å². The Balaban J connectivity index is 1.88. The molecule has 33 heavy (non-hydrogen) atoms. The number of pyridine rings is 2. The van der Waals surface area contributed by atoms with Crippen molar-refractivity contribution in [1.29, 1.82) is 0 Å². The van der Waals surface area contributed by atoms with E-state index in [1.165, 1.54) is 11.7 Å². The zero-order chi connectivity index (χ0) is 23.6. The third-order valence-corrected chi connectivity index (χ3v) is 6.05. The number of nitrogens with zero attached hydrogens (tertiary/aromatic N) is 3. The van der Waals surface area contributed by atoms with Gasteiger partial charge in [-0.05, 0) is 30.7 Å². The highest BCUT2D eigenvalue weighted by atomic mass is 32.2. The van der Waals surface area contributed by atoms with E-state index in [4.69, 9.17) is 9.47 Å². The van der Waals surface area contributed by atoms with Crippen molar-refractivity contribution in [3.63, 3.8) is 0 Å². The normalized spacial score (nSPS) is 12.6. The highest BCUT2D eigenvalue weighted by Crippen LogP contribution is 2.30. The van der Waals surface area contributed by atoms with E-state index in [1.54, 1.807) is 25.3 Å². The molecule has 10 heteroatoms. The van der Waals surface area contributed by atoms with E-state index in [9.17, 15) is 13.2 Å². The lowest BCUT2D eigenvalue weighted by atomic mass is 10.1. The fraction of sp³-hybridized carbons (Fsp3) is 0.261. The molecule has 0 bridgehead atoms. The van der Waals surface area contributed by atoms with Gasteiger partial charge >= 0.3 is 5.69 Å². The zero-order valence-electron chi connectivity index (χ0n) is 18.5. The summed E-state index contributed by atoms with van der Waals surface area (Å²) in [4.78, 5) is 24.8. The van der Waals surface area contributed by atoms with Crippen LogP contribution in [-0.4, -0.2) is 53.7 Å². The van der Waals surface area contributed by atoms with Crippen LogP contribution in [0.15, 0.2) is 59.5 Å². The number of H-pyrrole nitrogens is 1. The van der Waals surface area contributed by atoms with Crippen LogP contribution in [0.2, 0.25) is 0 Å². The van der Waals surface area contributed by atoms with Crippen LogP contribution in [0.25, 0.3) is 22.3 Å². The van der Waals surface area contributed by atoms with E-state index in [2.05, 4.69) is 15.0 Å². The van der Waals surface area contributed by atoms with Crippen LogP contribution in [0.4, 0.5) is 0 Å². The van der Waals surface area contributed by atoms with Crippen molar-refractivity contribution in [3.05, 3.63) is 70.9 Å². The standard InChI is InChI=1S/C23H24N4O5S/c1-4-32-22-20(31-2)11-10-17(25-22)19(14-33(3,29)30)27-21-18(26-23(27)28)12-16(13-24-21)15-8-6-5-7-9-15/h5-13,19H,4,14H2,1-3H3,(H,26,28). The van der Waals surface area contributed by atoms with Crippen molar-refractivity contribution in [2.45, 2.75) is 13.0 Å². The summed E-state index contributed by atoms with van der Waals surface area (Å²) in [6.45, 7) is 2.15. The Labute approximate surface area is 191 Å². The second-order valence-corrected chi connectivity index (χ2v) is 9.73. The molecule has 0 amide bonds. The first-order chi connectivity index (χ1) is 15.8. The molecule has 1 atom stereocenters. The lowest BCUT2D eigenvalue weighted by Crippen LogP contribution is -2.29. The first-order valence-electron chi connectivity index (χ1n) is 10.3. The van der Waals surface area contributed by atoms with Gasteiger partial charge in [0.25, 0.3) is 5.88 Å². The minimum absolute atomic E-state index is 0.225. The Hall–Kier alpha value is -3.66. The number of ether oxygens (including phenoxy) is 2. The molecule has 1 aromatic carbocycles. The van der Waals surface area contributed by atoms with Gasteiger partial charge in [-0.1, -0.05) is 30.3 Å². The molecule has 1 unspecified atom stereocenters. The fourth-order valence-corrected chi connectivity index (χ4v) is 4.59. The average Bonchev–Trinajstić information content (AvgIpc) is 3.12. The summed E-state index contributed by atoms with van der Waals surface area (Å²) in [5.74, 6) is 0.297. The molecular formula is C23H24N4O5S. The minimum Gasteiger partial charge on any atom is -0.491 e. The Morgan fingerprint density at radius 2 is 1.88 bits per heavy atom. The SMILES string of the molecule is CCOc1nc(C(CS(C)(=O)=O)n2c(=O)[nH]c3cc(-c4ccccc4)cnc32)ccc1OC. The Morgan fingerprint density at radius 1 is 1.12 bits per heavy atom. The quantitative estimate of drug-likeness (QED) is 0.423. The molecule has 0 spiro atoms. The summed E-state index contributed by atoms with van der Waals surface area (Å²) >= 11 is 0. The smallest absolute Gasteiger partial charge is 0.328 e. The van der Waals surface area contributed by atoms with Crippen LogP contribution in [0.1, 0.15) is 18.7 Å². The van der Waals surface area contributed by atoms with E-state index >= 15 is 0 Å². The van der Waals surface area contributed by atoms with Gasteiger partial charge in [-0.3, -0.25) is 4.57 Å². The van der Waals surface area contributed by atoms with Crippen molar-refractivity contribution < 1.29 is 17.9 Å². The molecule has 172 valence electrons. The number of sulfone groups is 1. The lowest BCUT2D eigenvalue weighted by molar-refractivity contribution is 0.296. The van der Waals surface area contributed by atoms with Gasteiger partial charge in [-0.2, -0.15) is 0 Å². The highest BCUT2D eigenvalue weighted by molar-refractivity contribution is 7.90. The van der Waals surface area contributed by atoms with Gasteiger partial charge in [0.2, 0.25) is 0 Å². The molecule has 3 aromatic heterocycles. The molecule has 0 radical (unpaired) electrons. The summed E-state index contributed by atoms with van der Waals surface area (Å²) in [6.07, 6.45) is 2.78. The maximum atomic E-state index is 13.0. The van der Waals surface area contributed by atoms with E-state index in [0.29, 0.717) is 29.2 Å². The maximum absolute atomic E-state index is 13.0. The van der Waals surface area contributed by atoms with Gasteiger partial charge in [-0.15, -0.1) is 0 Å². The largest absolute Gasteiger partial charge is 0.491 e. The van der Waals surface area contributed by atoms with Crippen LogP contribution >= 0.6 is 0 Å². The molecule has 0 saturated carbocycles. The molecule has 0 aliphatic heterocycles. The molecule has 4 rings (SSSR count). The predicted octanol–water partition coefficient (Wildman–Crippen LogP) is 2.83. The van der Waals surface area contributed by atoms with Crippen molar-refractivity contribution in [2.75, 3.05) is 25.7 Å². The topological polar surface area (TPSA) is 116 Å². The number of benzene rings is 1. The molecular weight excluding hydrogens is 444 g/mol. The number of nitrogens with one attached hydrogen (secondary N) is 1. The molecule has 0 aliphatic rings. The Bertz CT molecular complexity index is 1440. The number of rotatable bonds is 8. The third kappa shape index (κ3) is 4.75. The van der Waals surface area contributed by atoms with Gasteiger partial charge in [0.15, 0.2) is 11.4 Å². The number of fused-ring (bicyclic) bond motifs is 1. The van der Waals surface area contributed by atoms with E-state index < -0.39 is 21.6 Å². The molecule has 0 saturated heterocycles.